The zero-order valence-electron chi connectivity index (χ0n) is 15.8. The van der Waals surface area contributed by atoms with Gasteiger partial charge in [-0.2, -0.15) is 0 Å². The summed E-state index contributed by atoms with van der Waals surface area (Å²) in [6.45, 7) is 2.00. The van der Waals surface area contributed by atoms with Gasteiger partial charge in [0.05, 0.1) is 12.5 Å². The average Bonchev–Trinajstić information content (AvgIpc) is 3.27. The van der Waals surface area contributed by atoms with E-state index in [4.69, 9.17) is 4.74 Å². The Balaban J connectivity index is 1.47. The molecule has 3 aromatic rings. The van der Waals surface area contributed by atoms with Crippen molar-refractivity contribution in [3.05, 3.63) is 75.7 Å². The molecule has 0 spiro atoms. The van der Waals surface area contributed by atoms with E-state index in [0.29, 0.717) is 5.01 Å². The van der Waals surface area contributed by atoms with Gasteiger partial charge in [-0.3, -0.25) is 4.79 Å². The van der Waals surface area contributed by atoms with Crippen LogP contribution in [-0.4, -0.2) is 28.8 Å². The van der Waals surface area contributed by atoms with Crippen LogP contribution in [0.3, 0.4) is 0 Å². The molecule has 1 aromatic heterocycles. The highest BCUT2D eigenvalue weighted by molar-refractivity contribution is 7.09. The van der Waals surface area contributed by atoms with Crippen molar-refractivity contribution in [1.82, 2.24) is 10.3 Å². The predicted octanol–water partition coefficient (Wildman–Crippen LogP) is 4.51. The molecule has 0 radical (unpaired) electrons. The minimum Gasteiger partial charge on any atom is -0.481 e. The summed E-state index contributed by atoms with van der Waals surface area (Å²) in [6.07, 6.45) is -0.900. The summed E-state index contributed by atoms with van der Waals surface area (Å²) < 4.78 is 5.51. The summed E-state index contributed by atoms with van der Waals surface area (Å²) >= 11 is 1.32. The van der Waals surface area contributed by atoms with Gasteiger partial charge in [0, 0.05) is 17.0 Å². The van der Waals surface area contributed by atoms with E-state index in [-0.39, 0.29) is 18.9 Å². The minimum atomic E-state index is -1.01. The summed E-state index contributed by atoms with van der Waals surface area (Å²) in [6, 6.07) is 15.5. The number of nitrogens with zero attached hydrogens (tertiary/aromatic N) is 1. The van der Waals surface area contributed by atoms with Gasteiger partial charge in [0.15, 0.2) is 0 Å². The first-order valence-corrected chi connectivity index (χ1v) is 10.2. The number of hydrogen-bond acceptors (Lipinski definition) is 5. The van der Waals surface area contributed by atoms with Gasteiger partial charge in [-0.05, 0) is 29.2 Å². The van der Waals surface area contributed by atoms with Crippen LogP contribution in [0.2, 0.25) is 0 Å². The number of thiazole rings is 1. The number of carbonyl (C=O) groups excluding carboxylic acids is 1. The number of aryl methyl sites for hydroxylation is 1. The van der Waals surface area contributed by atoms with Gasteiger partial charge in [-0.1, -0.05) is 48.5 Å². The second-order valence-corrected chi connectivity index (χ2v) is 7.84. The largest absolute Gasteiger partial charge is 0.481 e. The molecule has 1 aliphatic rings. The lowest BCUT2D eigenvalue weighted by Gasteiger charge is -2.17. The number of benzene rings is 2. The van der Waals surface area contributed by atoms with Gasteiger partial charge >= 0.3 is 12.1 Å². The number of hydrogen-bond donors (Lipinski definition) is 2. The third-order valence-corrected chi connectivity index (χ3v) is 6.03. The smallest absolute Gasteiger partial charge is 0.407 e. The summed E-state index contributed by atoms with van der Waals surface area (Å²) in [7, 11) is 0. The number of alkyl carbamates (subject to hydrolysis) is 1. The topological polar surface area (TPSA) is 88.5 Å². The van der Waals surface area contributed by atoms with Crippen LogP contribution >= 0.6 is 11.3 Å². The first kappa shape index (κ1) is 19.1. The number of ether oxygens (including phenoxy) is 1. The van der Waals surface area contributed by atoms with Crippen LogP contribution < -0.4 is 5.32 Å². The molecule has 1 amide bonds. The molecule has 0 saturated heterocycles. The van der Waals surface area contributed by atoms with Gasteiger partial charge in [0.2, 0.25) is 0 Å². The molecule has 0 unspecified atom stereocenters. The molecule has 6 nitrogen and oxygen atoms in total. The van der Waals surface area contributed by atoms with E-state index in [2.05, 4.69) is 22.4 Å². The van der Waals surface area contributed by atoms with E-state index < -0.39 is 18.1 Å². The third kappa shape index (κ3) is 4.00. The Bertz CT molecular complexity index is 1020. The van der Waals surface area contributed by atoms with Crippen molar-refractivity contribution in [2.24, 2.45) is 0 Å². The SMILES string of the molecule is Cc1csc([C@@H](CC(=O)O)NC(=O)OCC2c3ccccc3-c3ccccc32)n1. The molecule has 0 aliphatic heterocycles. The van der Waals surface area contributed by atoms with Gasteiger partial charge in [-0.25, -0.2) is 9.78 Å². The number of aromatic nitrogens is 1. The maximum atomic E-state index is 12.4. The van der Waals surface area contributed by atoms with E-state index in [0.717, 1.165) is 27.9 Å². The van der Waals surface area contributed by atoms with Crippen molar-refractivity contribution in [2.75, 3.05) is 6.61 Å². The van der Waals surface area contributed by atoms with E-state index in [1.165, 1.54) is 11.3 Å². The fraction of sp³-hybridized carbons (Fsp3) is 0.227. The van der Waals surface area contributed by atoms with Crippen molar-refractivity contribution < 1.29 is 19.4 Å². The number of aliphatic carboxylic acids is 1. The molecule has 148 valence electrons. The van der Waals surface area contributed by atoms with E-state index in [1.807, 2.05) is 48.7 Å². The maximum absolute atomic E-state index is 12.4. The lowest BCUT2D eigenvalue weighted by molar-refractivity contribution is -0.137. The molecular formula is C22H20N2O4S. The molecular weight excluding hydrogens is 388 g/mol. The average molecular weight is 408 g/mol. The molecule has 0 saturated carbocycles. The number of carbonyl (C=O) groups is 2. The minimum absolute atomic E-state index is 0.0480. The van der Waals surface area contributed by atoms with Crippen molar-refractivity contribution in [1.29, 1.82) is 0 Å². The molecule has 1 heterocycles. The highest BCUT2D eigenvalue weighted by atomic mass is 32.1. The number of fused-ring (bicyclic) bond motifs is 3. The highest BCUT2D eigenvalue weighted by Gasteiger charge is 2.29. The molecule has 0 bridgehead atoms. The molecule has 29 heavy (non-hydrogen) atoms. The quantitative estimate of drug-likeness (QED) is 0.627. The predicted molar refractivity (Wildman–Crippen MR) is 110 cm³/mol. The van der Waals surface area contributed by atoms with Gasteiger partial charge in [-0.15, -0.1) is 11.3 Å². The van der Waals surface area contributed by atoms with Gasteiger partial charge in [0.1, 0.15) is 11.6 Å². The number of carboxylic acids is 1. The standard InChI is InChI=1S/C22H20N2O4S/c1-13-12-29-21(23-13)19(10-20(25)26)24-22(27)28-11-18-16-8-4-2-6-14(16)15-7-3-5-9-17(15)18/h2-9,12,18-19H,10-11H2,1H3,(H,24,27)(H,25,26)/t19-/m1/s1. The Hall–Kier alpha value is -3.19. The van der Waals surface area contributed by atoms with Gasteiger partial charge in [0.25, 0.3) is 0 Å². The van der Waals surface area contributed by atoms with Crippen LogP contribution in [0.15, 0.2) is 53.9 Å². The fourth-order valence-corrected chi connectivity index (χ4v) is 4.54. The summed E-state index contributed by atoms with van der Waals surface area (Å²) in [5.41, 5.74) is 5.34. The number of amides is 1. The third-order valence-electron chi connectivity index (χ3n) is 4.95. The zero-order valence-corrected chi connectivity index (χ0v) is 16.6. The molecule has 0 fully saturated rings. The molecule has 4 rings (SSSR count). The second kappa shape index (κ2) is 8.05. The van der Waals surface area contributed by atoms with E-state index in [1.54, 1.807) is 0 Å². The van der Waals surface area contributed by atoms with Crippen molar-refractivity contribution in [3.8, 4) is 11.1 Å². The highest BCUT2D eigenvalue weighted by Crippen LogP contribution is 2.44. The normalized spacial score (nSPS) is 13.4. The Labute approximate surface area is 172 Å². The summed E-state index contributed by atoms with van der Waals surface area (Å²) in [5, 5.41) is 14.2. The van der Waals surface area contributed by atoms with Gasteiger partial charge < -0.3 is 15.2 Å². The lowest BCUT2D eigenvalue weighted by Crippen LogP contribution is -2.31. The molecule has 2 N–H and O–H groups in total. The Morgan fingerprint density at radius 3 is 2.31 bits per heavy atom. The molecule has 1 atom stereocenters. The number of nitrogens with one attached hydrogen (secondary N) is 1. The van der Waals surface area contributed by atoms with Crippen molar-refractivity contribution in [3.63, 3.8) is 0 Å². The van der Waals surface area contributed by atoms with E-state index >= 15 is 0 Å². The Morgan fingerprint density at radius 1 is 1.14 bits per heavy atom. The monoisotopic (exact) mass is 408 g/mol. The van der Waals surface area contributed by atoms with Crippen LogP contribution in [0.4, 0.5) is 4.79 Å². The van der Waals surface area contributed by atoms with E-state index in [9.17, 15) is 14.7 Å². The lowest BCUT2D eigenvalue weighted by atomic mass is 9.98. The van der Waals surface area contributed by atoms with Crippen LogP contribution in [0, 0.1) is 6.92 Å². The molecule has 1 aliphatic carbocycles. The van der Waals surface area contributed by atoms with Crippen molar-refractivity contribution >= 4 is 23.4 Å². The van der Waals surface area contributed by atoms with Crippen LogP contribution in [0.5, 0.6) is 0 Å². The fourth-order valence-electron chi connectivity index (χ4n) is 3.69. The van der Waals surface area contributed by atoms with Crippen LogP contribution in [0.25, 0.3) is 11.1 Å². The summed E-state index contributed by atoms with van der Waals surface area (Å²) in [5.74, 6) is -1.06. The van der Waals surface area contributed by atoms with Crippen LogP contribution in [-0.2, 0) is 9.53 Å². The zero-order chi connectivity index (χ0) is 20.4. The Morgan fingerprint density at radius 2 is 1.76 bits per heavy atom. The second-order valence-electron chi connectivity index (χ2n) is 6.95. The number of carboxylic acid groups (broad SMARTS) is 1. The first-order chi connectivity index (χ1) is 14.0. The molecule has 7 heteroatoms. The van der Waals surface area contributed by atoms with Crippen molar-refractivity contribution in [2.45, 2.75) is 25.3 Å². The Kier molecular flexibility index (Phi) is 5.31. The van der Waals surface area contributed by atoms with Crippen LogP contribution in [0.1, 0.15) is 40.2 Å². The summed E-state index contributed by atoms with van der Waals surface area (Å²) in [4.78, 5) is 27.9. The first-order valence-electron chi connectivity index (χ1n) is 9.28. The maximum Gasteiger partial charge on any atom is 0.407 e. The number of rotatable bonds is 6. The molecule has 2 aromatic carbocycles.